The van der Waals surface area contributed by atoms with E-state index < -0.39 is 0 Å². The van der Waals surface area contributed by atoms with Crippen LogP contribution in [0.25, 0.3) is 0 Å². The average Bonchev–Trinajstić information content (AvgIpc) is 2.46. The van der Waals surface area contributed by atoms with Gasteiger partial charge in [0.15, 0.2) is 0 Å². The number of likely N-dealkylation sites (tertiary alicyclic amines) is 1. The summed E-state index contributed by atoms with van der Waals surface area (Å²) in [5, 5.41) is 0. The number of nitrogens with zero attached hydrogens (tertiary/aromatic N) is 1. The molecule has 1 aliphatic rings. The summed E-state index contributed by atoms with van der Waals surface area (Å²) >= 11 is 3.50. The van der Waals surface area contributed by atoms with Crippen molar-refractivity contribution in [2.24, 2.45) is 11.7 Å². The summed E-state index contributed by atoms with van der Waals surface area (Å²) in [6.45, 7) is 5.60. The zero-order valence-electron chi connectivity index (χ0n) is 12.2. The van der Waals surface area contributed by atoms with Gasteiger partial charge in [0.05, 0.1) is 5.56 Å². The summed E-state index contributed by atoms with van der Waals surface area (Å²) in [7, 11) is 0. The number of rotatable bonds is 3. The van der Waals surface area contributed by atoms with Gasteiger partial charge in [-0.05, 0) is 59.3 Å². The molecule has 1 aliphatic heterocycles. The first-order chi connectivity index (χ1) is 9.56. The highest BCUT2D eigenvalue weighted by molar-refractivity contribution is 9.10. The summed E-state index contributed by atoms with van der Waals surface area (Å²) < 4.78 is 0.871. The molecule has 1 saturated heterocycles. The van der Waals surface area contributed by atoms with Crippen LogP contribution in [-0.2, 0) is 0 Å². The van der Waals surface area contributed by atoms with Crippen LogP contribution in [0.3, 0.4) is 0 Å². The van der Waals surface area contributed by atoms with Crippen molar-refractivity contribution in [3.63, 3.8) is 0 Å². The van der Waals surface area contributed by atoms with Crippen LogP contribution >= 0.6 is 15.9 Å². The lowest BCUT2D eigenvalue weighted by Crippen LogP contribution is -2.49. The third-order valence-electron chi connectivity index (χ3n) is 4.29. The van der Waals surface area contributed by atoms with Crippen molar-refractivity contribution in [1.29, 1.82) is 0 Å². The number of benzene rings is 1. The Morgan fingerprint density at radius 1 is 1.50 bits per heavy atom. The molecule has 0 aromatic heterocycles. The lowest BCUT2D eigenvalue weighted by molar-refractivity contribution is 0.0557. The van der Waals surface area contributed by atoms with E-state index >= 15 is 0 Å². The molecule has 2 atom stereocenters. The Bertz CT molecular complexity index is 489. The molecule has 1 aromatic rings. The number of nitrogens with two attached hydrogens (primary N) is 1. The van der Waals surface area contributed by atoms with E-state index in [0.717, 1.165) is 35.0 Å². The fourth-order valence-electron chi connectivity index (χ4n) is 2.94. The van der Waals surface area contributed by atoms with Crippen molar-refractivity contribution in [3.05, 3.63) is 33.8 Å². The van der Waals surface area contributed by atoms with E-state index in [1.807, 2.05) is 30.0 Å². The van der Waals surface area contributed by atoms with Gasteiger partial charge in [-0.3, -0.25) is 4.79 Å². The molecule has 2 rings (SSSR count). The standard InChI is InChI=1S/C16H23BrN2O/c1-3-12-6-7-19(13(9-12)10-18)16(20)14-5-4-11(2)8-15(14)17/h4-5,8,12-13H,3,6-7,9-10,18H2,1-2H3. The first-order valence-electron chi connectivity index (χ1n) is 7.34. The van der Waals surface area contributed by atoms with Crippen LogP contribution in [-0.4, -0.2) is 29.9 Å². The normalized spacial score (nSPS) is 22.9. The van der Waals surface area contributed by atoms with E-state index in [9.17, 15) is 4.79 Å². The van der Waals surface area contributed by atoms with Gasteiger partial charge in [-0.15, -0.1) is 0 Å². The smallest absolute Gasteiger partial charge is 0.255 e. The maximum atomic E-state index is 12.7. The minimum absolute atomic E-state index is 0.0990. The summed E-state index contributed by atoms with van der Waals surface area (Å²) in [5.41, 5.74) is 7.77. The number of carbonyl (C=O) groups excluding carboxylic acids is 1. The number of carbonyl (C=O) groups is 1. The number of halogens is 1. The number of amides is 1. The van der Waals surface area contributed by atoms with Crippen LogP contribution in [0.2, 0.25) is 0 Å². The van der Waals surface area contributed by atoms with Gasteiger partial charge in [0.1, 0.15) is 0 Å². The van der Waals surface area contributed by atoms with E-state index in [2.05, 4.69) is 22.9 Å². The van der Waals surface area contributed by atoms with E-state index in [0.29, 0.717) is 12.5 Å². The molecular weight excluding hydrogens is 316 g/mol. The SMILES string of the molecule is CCC1CCN(C(=O)c2ccc(C)cc2Br)C(CN)C1. The largest absolute Gasteiger partial charge is 0.334 e. The Labute approximate surface area is 129 Å². The summed E-state index contributed by atoms with van der Waals surface area (Å²) in [5.74, 6) is 0.802. The van der Waals surface area contributed by atoms with Crippen molar-refractivity contribution >= 4 is 21.8 Å². The maximum absolute atomic E-state index is 12.7. The van der Waals surface area contributed by atoms with Crippen LogP contribution in [0.4, 0.5) is 0 Å². The second-order valence-electron chi connectivity index (χ2n) is 5.67. The highest BCUT2D eigenvalue weighted by atomic mass is 79.9. The number of piperidine rings is 1. The number of hydrogen-bond acceptors (Lipinski definition) is 2. The molecule has 1 fully saturated rings. The van der Waals surface area contributed by atoms with Gasteiger partial charge >= 0.3 is 0 Å². The van der Waals surface area contributed by atoms with Crippen LogP contribution in [0.5, 0.6) is 0 Å². The van der Waals surface area contributed by atoms with Gasteiger partial charge < -0.3 is 10.6 Å². The number of aryl methyl sites for hydroxylation is 1. The Morgan fingerprint density at radius 3 is 2.85 bits per heavy atom. The van der Waals surface area contributed by atoms with Crippen molar-refractivity contribution in [2.45, 2.75) is 39.2 Å². The summed E-state index contributed by atoms with van der Waals surface area (Å²) in [4.78, 5) is 14.7. The predicted molar refractivity (Wildman–Crippen MR) is 85.8 cm³/mol. The lowest BCUT2D eigenvalue weighted by atomic mass is 9.88. The van der Waals surface area contributed by atoms with Gasteiger partial charge in [-0.25, -0.2) is 0 Å². The third kappa shape index (κ3) is 3.23. The molecule has 1 amide bonds. The van der Waals surface area contributed by atoms with Gasteiger partial charge in [0.25, 0.3) is 5.91 Å². The maximum Gasteiger partial charge on any atom is 0.255 e. The predicted octanol–water partition coefficient (Wildman–Crippen LogP) is 3.35. The summed E-state index contributed by atoms with van der Waals surface area (Å²) in [6, 6.07) is 6.05. The molecule has 2 N–H and O–H groups in total. The first-order valence-corrected chi connectivity index (χ1v) is 8.13. The molecule has 0 saturated carbocycles. The molecule has 1 heterocycles. The van der Waals surface area contributed by atoms with E-state index in [1.165, 1.54) is 6.42 Å². The Kier molecular flexibility index (Phi) is 5.22. The second-order valence-corrected chi connectivity index (χ2v) is 6.52. The lowest BCUT2D eigenvalue weighted by Gasteiger charge is -2.39. The quantitative estimate of drug-likeness (QED) is 0.918. The monoisotopic (exact) mass is 338 g/mol. The number of hydrogen-bond donors (Lipinski definition) is 1. The minimum Gasteiger partial charge on any atom is -0.334 e. The van der Waals surface area contributed by atoms with Gasteiger partial charge in [-0.2, -0.15) is 0 Å². The van der Waals surface area contributed by atoms with E-state index in [-0.39, 0.29) is 11.9 Å². The Balaban J connectivity index is 2.19. The van der Waals surface area contributed by atoms with Gasteiger partial charge in [0.2, 0.25) is 0 Å². The van der Waals surface area contributed by atoms with Crippen LogP contribution < -0.4 is 5.73 Å². The molecule has 3 nitrogen and oxygen atoms in total. The molecule has 20 heavy (non-hydrogen) atoms. The van der Waals surface area contributed by atoms with Crippen molar-refractivity contribution in [1.82, 2.24) is 4.90 Å². The molecule has 0 spiro atoms. The van der Waals surface area contributed by atoms with Gasteiger partial charge in [-0.1, -0.05) is 19.4 Å². The van der Waals surface area contributed by atoms with Crippen molar-refractivity contribution < 1.29 is 4.79 Å². The fraction of sp³-hybridized carbons (Fsp3) is 0.562. The molecule has 0 radical (unpaired) electrons. The first kappa shape index (κ1) is 15.5. The minimum atomic E-state index is 0.0990. The topological polar surface area (TPSA) is 46.3 Å². The molecular formula is C16H23BrN2O. The molecule has 0 aliphatic carbocycles. The molecule has 110 valence electrons. The van der Waals surface area contributed by atoms with Crippen molar-refractivity contribution in [3.8, 4) is 0 Å². The van der Waals surface area contributed by atoms with Crippen LogP contribution in [0.1, 0.15) is 42.1 Å². The Morgan fingerprint density at radius 2 is 2.25 bits per heavy atom. The zero-order chi connectivity index (χ0) is 14.7. The average molecular weight is 339 g/mol. The second kappa shape index (κ2) is 6.72. The highest BCUT2D eigenvalue weighted by Crippen LogP contribution is 2.28. The fourth-order valence-corrected chi connectivity index (χ4v) is 3.61. The Hall–Kier alpha value is -0.870. The van der Waals surface area contributed by atoms with Crippen molar-refractivity contribution in [2.75, 3.05) is 13.1 Å². The van der Waals surface area contributed by atoms with Crippen LogP contribution in [0, 0.1) is 12.8 Å². The van der Waals surface area contributed by atoms with E-state index in [4.69, 9.17) is 5.73 Å². The third-order valence-corrected chi connectivity index (χ3v) is 4.95. The highest BCUT2D eigenvalue weighted by Gasteiger charge is 2.31. The van der Waals surface area contributed by atoms with Gasteiger partial charge in [0, 0.05) is 23.6 Å². The van der Waals surface area contributed by atoms with E-state index in [1.54, 1.807) is 0 Å². The molecule has 2 unspecified atom stereocenters. The molecule has 4 heteroatoms. The molecule has 0 bridgehead atoms. The zero-order valence-corrected chi connectivity index (χ0v) is 13.8. The summed E-state index contributed by atoms with van der Waals surface area (Å²) in [6.07, 6.45) is 3.29. The van der Waals surface area contributed by atoms with Crippen LogP contribution in [0.15, 0.2) is 22.7 Å². The molecule has 1 aromatic carbocycles.